The van der Waals surface area contributed by atoms with E-state index in [2.05, 4.69) is 11.8 Å². The summed E-state index contributed by atoms with van der Waals surface area (Å²) in [7, 11) is 0. The lowest BCUT2D eigenvalue weighted by atomic mass is 10.2. The van der Waals surface area contributed by atoms with Gasteiger partial charge in [0, 0.05) is 6.54 Å². The summed E-state index contributed by atoms with van der Waals surface area (Å²) in [5, 5.41) is 0. The zero-order valence-corrected chi connectivity index (χ0v) is 8.79. The van der Waals surface area contributed by atoms with Crippen LogP contribution in [0.4, 0.5) is 4.39 Å². The molecule has 0 aromatic heterocycles. The van der Waals surface area contributed by atoms with E-state index in [1.807, 2.05) is 13.8 Å². The van der Waals surface area contributed by atoms with Crippen LogP contribution in [-0.2, 0) is 4.74 Å². The standard InChI is InChI=1S/C10H20FNO/c1-4-12-6-5-9(11)10(12)7-13-8(2)3/h8-10H,4-7H2,1-3H3/t9-,10+/m0/s1. The van der Waals surface area contributed by atoms with Crippen molar-refractivity contribution in [1.82, 2.24) is 4.90 Å². The highest BCUT2D eigenvalue weighted by molar-refractivity contribution is 4.86. The molecule has 3 heteroatoms. The van der Waals surface area contributed by atoms with Gasteiger partial charge in [0.2, 0.25) is 0 Å². The molecule has 2 nitrogen and oxygen atoms in total. The van der Waals surface area contributed by atoms with Crippen LogP contribution in [0.25, 0.3) is 0 Å². The van der Waals surface area contributed by atoms with Crippen LogP contribution in [-0.4, -0.2) is 42.9 Å². The van der Waals surface area contributed by atoms with Crippen molar-refractivity contribution in [2.45, 2.75) is 45.5 Å². The molecule has 0 aromatic carbocycles. The minimum Gasteiger partial charge on any atom is -0.377 e. The van der Waals surface area contributed by atoms with Gasteiger partial charge in [-0.15, -0.1) is 0 Å². The first-order chi connectivity index (χ1) is 6.15. The Morgan fingerprint density at radius 2 is 2.23 bits per heavy atom. The fraction of sp³-hybridized carbons (Fsp3) is 1.00. The van der Waals surface area contributed by atoms with Crippen LogP contribution < -0.4 is 0 Å². The summed E-state index contributed by atoms with van der Waals surface area (Å²) < 4.78 is 18.8. The van der Waals surface area contributed by atoms with Crippen molar-refractivity contribution >= 4 is 0 Å². The molecule has 0 unspecified atom stereocenters. The molecular formula is C10H20FNO. The van der Waals surface area contributed by atoms with Gasteiger partial charge >= 0.3 is 0 Å². The molecule has 0 amide bonds. The lowest BCUT2D eigenvalue weighted by molar-refractivity contribution is 0.0224. The molecule has 0 aromatic rings. The number of likely N-dealkylation sites (N-methyl/N-ethyl adjacent to an activating group) is 1. The van der Waals surface area contributed by atoms with Gasteiger partial charge in [-0.05, 0) is 26.8 Å². The minimum absolute atomic E-state index is 0.00704. The monoisotopic (exact) mass is 189 g/mol. The molecule has 0 bridgehead atoms. The first-order valence-electron chi connectivity index (χ1n) is 5.14. The number of hydrogen-bond acceptors (Lipinski definition) is 2. The number of nitrogens with zero attached hydrogens (tertiary/aromatic N) is 1. The zero-order valence-electron chi connectivity index (χ0n) is 8.79. The number of hydrogen-bond donors (Lipinski definition) is 0. The molecule has 0 saturated carbocycles. The minimum atomic E-state index is -0.696. The van der Waals surface area contributed by atoms with Crippen molar-refractivity contribution in [1.29, 1.82) is 0 Å². The highest BCUT2D eigenvalue weighted by Gasteiger charge is 2.33. The summed E-state index contributed by atoms with van der Waals surface area (Å²) in [6, 6.07) is -0.00704. The van der Waals surface area contributed by atoms with Gasteiger partial charge in [-0.2, -0.15) is 0 Å². The summed E-state index contributed by atoms with van der Waals surface area (Å²) in [5.41, 5.74) is 0. The Balaban J connectivity index is 2.35. The molecule has 1 aliphatic heterocycles. The van der Waals surface area contributed by atoms with Gasteiger partial charge < -0.3 is 4.74 Å². The molecular weight excluding hydrogens is 169 g/mol. The fourth-order valence-electron chi connectivity index (χ4n) is 1.77. The fourth-order valence-corrected chi connectivity index (χ4v) is 1.77. The van der Waals surface area contributed by atoms with Crippen molar-refractivity contribution < 1.29 is 9.13 Å². The lowest BCUT2D eigenvalue weighted by Crippen LogP contribution is -2.38. The van der Waals surface area contributed by atoms with E-state index in [0.29, 0.717) is 13.0 Å². The average molecular weight is 189 g/mol. The molecule has 0 N–H and O–H groups in total. The van der Waals surface area contributed by atoms with Crippen LogP contribution in [0.1, 0.15) is 27.2 Å². The number of rotatable bonds is 4. The average Bonchev–Trinajstić information content (AvgIpc) is 2.43. The molecule has 1 rings (SSSR count). The van der Waals surface area contributed by atoms with E-state index < -0.39 is 6.17 Å². The number of likely N-dealkylation sites (tertiary alicyclic amines) is 1. The largest absolute Gasteiger partial charge is 0.377 e. The highest BCUT2D eigenvalue weighted by Crippen LogP contribution is 2.21. The summed E-state index contributed by atoms with van der Waals surface area (Å²) in [5.74, 6) is 0. The van der Waals surface area contributed by atoms with Gasteiger partial charge in [-0.1, -0.05) is 6.92 Å². The van der Waals surface area contributed by atoms with Crippen molar-refractivity contribution in [3.8, 4) is 0 Å². The Bertz CT molecular complexity index is 152. The quantitative estimate of drug-likeness (QED) is 0.669. The molecule has 1 fully saturated rings. The lowest BCUT2D eigenvalue weighted by Gasteiger charge is -2.24. The molecule has 0 aliphatic carbocycles. The molecule has 1 heterocycles. The van der Waals surface area contributed by atoms with Crippen LogP contribution >= 0.6 is 0 Å². The summed E-state index contributed by atoms with van der Waals surface area (Å²) >= 11 is 0. The maximum atomic E-state index is 13.4. The normalized spacial score (nSPS) is 30.2. The Morgan fingerprint density at radius 3 is 2.77 bits per heavy atom. The van der Waals surface area contributed by atoms with E-state index in [-0.39, 0.29) is 12.1 Å². The van der Waals surface area contributed by atoms with Gasteiger partial charge in [0.15, 0.2) is 0 Å². The highest BCUT2D eigenvalue weighted by atomic mass is 19.1. The Hall–Kier alpha value is -0.150. The molecule has 2 atom stereocenters. The summed E-state index contributed by atoms with van der Waals surface area (Å²) in [6.07, 6.45) is 0.171. The molecule has 0 spiro atoms. The predicted molar refractivity (Wildman–Crippen MR) is 51.6 cm³/mol. The SMILES string of the molecule is CCN1CC[C@H](F)[C@H]1COC(C)C. The van der Waals surface area contributed by atoms with Crippen molar-refractivity contribution in [2.24, 2.45) is 0 Å². The predicted octanol–water partition coefficient (Wildman–Crippen LogP) is 1.84. The Morgan fingerprint density at radius 1 is 1.54 bits per heavy atom. The van der Waals surface area contributed by atoms with Crippen molar-refractivity contribution in [2.75, 3.05) is 19.7 Å². The molecule has 1 aliphatic rings. The van der Waals surface area contributed by atoms with Crippen LogP contribution in [0.5, 0.6) is 0 Å². The van der Waals surface area contributed by atoms with Crippen molar-refractivity contribution in [3.63, 3.8) is 0 Å². The van der Waals surface area contributed by atoms with Crippen LogP contribution in [0.3, 0.4) is 0 Å². The maximum Gasteiger partial charge on any atom is 0.119 e. The van der Waals surface area contributed by atoms with Gasteiger partial charge in [0.05, 0.1) is 18.8 Å². The van der Waals surface area contributed by atoms with E-state index >= 15 is 0 Å². The Labute approximate surface area is 80.1 Å². The third-order valence-electron chi connectivity index (χ3n) is 2.59. The van der Waals surface area contributed by atoms with Crippen LogP contribution in [0.2, 0.25) is 0 Å². The van der Waals surface area contributed by atoms with E-state index in [1.165, 1.54) is 0 Å². The van der Waals surface area contributed by atoms with E-state index in [1.54, 1.807) is 0 Å². The number of halogens is 1. The smallest absolute Gasteiger partial charge is 0.119 e. The third kappa shape index (κ3) is 2.92. The number of ether oxygens (including phenoxy) is 1. The third-order valence-corrected chi connectivity index (χ3v) is 2.59. The molecule has 13 heavy (non-hydrogen) atoms. The van der Waals surface area contributed by atoms with Gasteiger partial charge in [-0.3, -0.25) is 4.90 Å². The second-order valence-corrected chi connectivity index (χ2v) is 3.88. The van der Waals surface area contributed by atoms with Gasteiger partial charge in [0.25, 0.3) is 0 Å². The first-order valence-corrected chi connectivity index (χ1v) is 5.14. The van der Waals surface area contributed by atoms with Gasteiger partial charge in [-0.25, -0.2) is 4.39 Å². The van der Waals surface area contributed by atoms with Crippen LogP contribution in [0, 0.1) is 0 Å². The molecule has 78 valence electrons. The van der Waals surface area contributed by atoms with E-state index in [9.17, 15) is 4.39 Å². The van der Waals surface area contributed by atoms with E-state index in [0.717, 1.165) is 13.1 Å². The molecule has 0 radical (unpaired) electrons. The number of alkyl halides is 1. The second kappa shape index (κ2) is 4.91. The Kier molecular flexibility index (Phi) is 4.13. The topological polar surface area (TPSA) is 12.5 Å². The summed E-state index contributed by atoms with van der Waals surface area (Å²) in [6.45, 7) is 8.38. The van der Waals surface area contributed by atoms with E-state index in [4.69, 9.17) is 4.74 Å². The summed E-state index contributed by atoms with van der Waals surface area (Å²) in [4.78, 5) is 2.16. The zero-order chi connectivity index (χ0) is 9.84. The second-order valence-electron chi connectivity index (χ2n) is 3.88. The maximum absolute atomic E-state index is 13.4. The molecule has 1 saturated heterocycles. The van der Waals surface area contributed by atoms with Crippen molar-refractivity contribution in [3.05, 3.63) is 0 Å². The first kappa shape index (κ1) is 10.9. The van der Waals surface area contributed by atoms with Gasteiger partial charge in [0.1, 0.15) is 6.17 Å². The van der Waals surface area contributed by atoms with Crippen LogP contribution in [0.15, 0.2) is 0 Å².